The maximum absolute atomic E-state index is 12.1. The van der Waals surface area contributed by atoms with E-state index in [0.29, 0.717) is 10.6 Å². The number of aromatic nitrogens is 2. The van der Waals surface area contributed by atoms with Crippen LogP contribution in [-0.4, -0.2) is 21.1 Å². The Morgan fingerprint density at radius 1 is 1.15 bits per heavy atom. The van der Waals surface area contributed by atoms with Crippen molar-refractivity contribution in [3.8, 4) is 11.5 Å². The molecule has 3 aromatic rings. The monoisotopic (exact) mass is 393 g/mol. The molecule has 0 N–H and O–H groups in total. The zero-order valence-electron chi connectivity index (χ0n) is 12.9. The Hall–Kier alpha value is -2.97. The minimum Gasteiger partial charge on any atom is -0.452 e. The number of hydrogen-bond donors (Lipinski definition) is 0. The van der Waals surface area contributed by atoms with Gasteiger partial charge in [-0.15, -0.1) is 10.2 Å². The van der Waals surface area contributed by atoms with Gasteiger partial charge in [-0.05, 0) is 30.3 Å². The average molecular weight is 394 g/mol. The normalized spacial score (nSPS) is 10.5. The van der Waals surface area contributed by atoms with Crippen molar-refractivity contribution in [3.63, 3.8) is 0 Å². The average Bonchev–Trinajstić information content (AvgIpc) is 3.09. The fourth-order valence-corrected chi connectivity index (χ4v) is 2.33. The molecule has 0 bridgehead atoms. The number of halogens is 2. The first-order valence-corrected chi connectivity index (χ1v) is 7.89. The van der Waals surface area contributed by atoms with Crippen LogP contribution < -0.4 is 0 Å². The van der Waals surface area contributed by atoms with E-state index in [4.69, 9.17) is 32.4 Å². The van der Waals surface area contributed by atoms with Crippen molar-refractivity contribution in [1.29, 1.82) is 0 Å². The largest absolute Gasteiger partial charge is 0.452 e. The molecule has 132 valence electrons. The van der Waals surface area contributed by atoms with E-state index in [0.717, 1.165) is 6.07 Å². The van der Waals surface area contributed by atoms with E-state index in [1.165, 1.54) is 12.1 Å². The van der Waals surface area contributed by atoms with Crippen LogP contribution >= 0.6 is 23.2 Å². The van der Waals surface area contributed by atoms with E-state index in [-0.39, 0.29) is 34.7 Å². The van der Waals surface area contributed by atoms with Gasteiger partial charge in [0, 0.05) is 22.7 Å². The van der Waals surface area contributed by atoms with E-state index < -0.39 is 10.9 Å². The van der Waals surface area contributed by atoms with Crippen molar-refractivity contribution < 1.29 is 18.9 Å². The zero-order chi connectivity index (χ0) is 18.7. The van der Waals surface area contributed by atoms with Crippen LogP contribution in [0.25, 0.3) is 11.5 Å². The van der Waals surface area contributed by atoms with Crippen molar-refractivity contribution in [3.05, 3.63) is 74.1 Å². The first-order valence-electron chi connectivity index (χ1n) is 7.13. The lowest BCUT2D eigenvalue weighted by Crippen LogP contribution is -2.07. The summed E-state index contributed by atoms with van der Waals surface area (Å²) in [6.07, 6.45) is 0. The van der Waals surface area contributed by atoms with E-state index >= 15 is 0 Å². The third-order valence-electron chi connectivity index (χ3n) is 3.27. The first kappa shape index (κ1) is 17.8. The molecule has 0 saturated carbocycles. The molecule has 0 atom stereocenters. The third-order valence-corrected chi connectivity index (χ3v) is 3.85. The van der Waals surface area contributed by atoms with Gasteiger partial charge in [-0.3, -0.25) is 10.1 Å². The molecule has 2 aromatic carbocycles. The van der Waals surface area contributed by atoms with Crippen LogP contribution in [0.4, 0.5) is 5.69 Å². The SMILES string of the molecule is O=C(OCc1nnc(-c2ccc(Cl)cc2)o1)c1cc([N+](=O)[O-])ccc1Cl. The number of nitro benzene ring substituents is 1. The highest BCUT2D eigenvalue weighted by Crippen LogP contribution is 2.24. The molecule has 0 amide bonds. The van der Waals surface area contributed by atoms with Crippen molar-refractivity contribution >= 4 is 34.9 Å². The Morgan fingerprint density at radius 3 is 2.58 bits per heavy atom. The highest BCUT2D eigenvalue weighted by atomic mass is 35.5. The lowest BCUT2D eigenvalue weighted by atomic mass is 10.2. The van der Waals surface area contributed by atoms with Crippen LogP contribution in [0.3, 0.4) is 0 Å². The van der Waals surface area contributed by atoms with E-state index in [1.807, 2.05) is 0 Å². The number of benzene rings is 2. The summed E-state index contributed by atoms with van der Waals surface area (Å²) in [6.45, 7) is -0.307. The second-order valence-corrected chi connectivity index (χ2v) is 5.85. The highest BCUT2D eigenvalue weighted by molar-refractivity contribution is 6.33. The molecule has 26 heavy (non-hydrogen) atoms. The number of carbonyl (C=O) groups is 1. The third kappa shape index (κ3) is 3.98. The number of carbonyl (C=O) groups excluding carboxylic acids is 1. The van der Waals surface area contributed by atoms with Crippen LogP contribution in [0.1, 0.15) is 16.2 Å². The van der Waals surface area contributed by atoms with Crippen LogP contribution in [0.5, 0.6) is 0 Å². The van der Waals surface area contributed by atoms with Crippen LogP contribution in [0.2, 0.25) is 10.0 Å². The predicted octanol–water partition coefficient (Wildman–Crippen LogP) is 4.31. The van der Waals surface area contributed by atoms with Gasteiger partial charge in [-0.2, -0.15) is 0 Å². The maximum atomic E-state index is 12.1. The molecule has 0 aliphatic rings. The number of hydrogen-bond acceptors (Lipinski definition) is 7. The summed E-state index contributed by atoms with van der Waals surface area (Å²) in [6, 6.07) is 10.2. The predicted molar refractivity (Wildman–Crippen MR) is 92.0 cm³/mol. The lowest BCUT2D eigenvalue weighted by molar-refractivity contribution is -0.384. The molecule has 0 aliphatic carbocycles. The lowest BCUT2D eigenvalue weighted by Gasteiger charge is -2.04. The zero-order valence-corrected chi connectivity index (χ0v) is 14.4. The Labute approximate surface area is 156 Å². The van der Waals surface area contributed by atoms with Crippen LogP contribution in [0.15, 0.2) is 46.9 Å². The van der Waals surface area contributed by atoms with E-state index in [9.17, 15) is 14.9 Å². The van der Waals surface area contributed by atoms with Gasteiger partial charge >= 0.3 is 5.97 Å². The number of nitrogens with zero attached hydrogens (tertiary/aromatic N) is 3. The molecule has 0 aliphatic heterocycles. The van der Waals surface area contributed by atoms with Gasteiger partial charge in [0.2, 0.25) is 5.89 Å². The summed E-state index contributed by atoms with van der Waals surface area (Å²) in [7, 11) is 0. The number of rotatable bonds is 5. The van der Waals surface area contributed by atoms with Gasteiger partial charge in [0.1, 0.15) is 0 Å². The Kier molecular flexibility index (Phi) is 5.15. The Bertz CT molecular complexity index is 972. The van der Waals surface area contributed by atoms with Gasteiger partial charge in [0.15, 0.2) is 6.61 Å². The van der Waals surface area contributed by atoms with Crippen LogP contribution in [-0.2, 0) is 11.3 Å². The summed E-state index contributed by atoms with van der Waals surface area (Å²) in [5.74, 6) is -0.545. The molecule has 0 spiro atoms. The van der Waals surface area contributed by atoms with Crippen LogP contribution in [0, 0.1) is 10.1 Å². The molecule has 10 heteroatoms. The molecule has 3 rings (SSSR count). The van der Waals surface area contributed by atoms with Crippen molar-refractivity contribution in [2.75, 3.05) is 0 Å². The topological polar surface area (TPSA) is 108 Å². The Morgan fingerprint density at radius 2 is 1.88 bits per heavy atom. The molecule has 1 heterocycles. The standard InChI is InChI=1S/C16H9Cl2N3O5/c17-10-3-1-9(2-4-10)15-20-19-14(26-15)8-25-16(22)12-7-11(21(23)24)5-6-13(12)18/h1-7H,8H2. The fourth-order valence-electron chi connectivity index (χ4n) is 2.01. The number of nitro groups is 1. The summed E-state index contributed by atoms with van der Waals surface area (Å²) in [5, 5.41) is 19.0. The molecule has 1 aromatic heterocycles. The Balaban J connectivity index is 1.70. The smallest absolute Gasteiger partial charge is 0.340 e. The molecular formula is C16H9Cl2N3O5. The summed E-state index contributed by atoms with van der Waals surface area (Å²) in [5.41, 5.74) is 0.253. The summed E-state index contributed by atoms with van der Waals surface area (Å²) in [4.78, 5) is 22.3. The van der Waals surface area contributed by atoms with Gasteiger partial charge in [-0.1, -0.05) is 23.2 Å². The second-order valence-electron chi connectivity index (χ2n) is 5.01. The first-order chi connectivity index (χ1) is 12.4. The maximum Gasteiger partial charge on any atom is 0.340 e. The minimum absolute atomic E-state index is 0.0352. The molecule has 8 nitrogen and oxygen atoms in total. The molecule has 0 unspecified atom stereocenters. The molecule has 0 radical (unpaired) electrons. The quantitative estimate of drug-likeness (QED) is 0.360. The number of non-ortho nitro benzene ring substituents is 1. The van der Waals surface area contributed by atoms with Gasteiger partial charge in [0.05, 0.1) is 15.5 Å². The number of esters is 1. The van der Waals surface area contributed by atoms with Crippen molar-refractivity contribution in [1.82, 2.24) is 10.2 Å². The minimum atomic E-state index is -0.843. The van der Waals surface area contributed by atoms with Gasteiger partial charge < -0.3 is 9.15 Å². The van der Waals surface area contributed by atoms with Crippen molar-refractivity contribution in [2.24, 2.45) is 0 Å². The summed E-state index contributed by atoms with van der Waals surface area (Å²) >= 11 is 11.7. The fraction of sp³-hybridized carbons (Fsp3) is 0.0625. The molecule has 0 fully saturated rings. The highest BCUT2D eigenvalue weighted by Gasteiger charge is 2.18. The summed E-state index contributed by atoms with van der Waals surface area (Å²) < 4.78 is 10.4. The second kappa shape index (κ2) is 7.51. The van der Waals surface area contributed by atoms with E-state index in [1.54, 1.807) is 24.3 Å². The van der Waals surface area contributed by atoms with Crippen molar-refractivity contribution in [2.45, 2.75) is 6.61 Å². The van der Waals surface area contributed by atoms with E-state index in [2.05, 4.69) is 10.2 Å². The number of ether oxygens (including phenoxy) is 1. The van der Waals surface area contributed by atoms with Gasteiger partial charge in [0.25, 0.3) is 11.6 Å². The molecular weight excluding hydrogens is 385 g/mol. The van der Waals surface area contributed by atoms with Gasteiger partial charge in [-0.25, -0.2) is 4.79 Å². The molecule has 0 saturated heterocycles.